The molecule has 4 rings (SSSR count). The van der Waals surface area contributed by atoms with E-state index in [1.54, 1.807) is 18.9 Å². The van der Waals surface area contributed by atoms with Crippen molar-refractivity contribution in [1.82, 2.24) is 24.3 Å². The number of benzene rings is 1. The lowest BCUT2D eigenvalue weighted by Crippen LogP contribution is -2.15. The predicted octanol–water partition coefficient (Wildman–Crippen LogP) is 3.18. The van der Waals surface area contributed by atoms with E-state index < -0.39 is 0 Å². The van der Waals surface area contributed by atoms with Crippen LogP contribution in [0.3, 0.4) is 0 Å². The van der Waals surface area contributed by atoms with E-state index in [2.05, 4.69) is 20.5 Å². The summed E-state index contributed by atoms with van der Waals surface area (Å²) in [5.41, 5.74) is 3.35. The summed E-state index contributed by atoms with van der Waals surface area (Å²) in [5, 5.41) is 12.1. The van der Waals surface area contributed by atoms with E-state index >= 15 is 0 Å². The van der Waals surface area contributed by atoms with Crippen LogP contribution in [0.5, 0.6) is 0 Å². The van der Waals surface area contributed by atoms with E-state index in [1.807, 2.05) is 47.4 Å². The Kier molecular flexibility index (Phi) is 4.68. The number of anilines is 1. The molecule has 8 nitrogen and oxygen atoms in total. The summed E-state index contributed by atoms with van der Waals surface area (Å²) < 4.78 is 8.98. The zero-order valence-electron chi connectivity index (χ0n) is 14.9. The summed E-state index contributed by atoms with van der Waals surface area (Å²) in [5.74, 6) is 0.857. The van der Waals surface area contributed by atoms with Gasteiger partial charge in [-0.2, -0.15) is 0 Å². The van der Waals surface area contributed by atoms with Crippen LogP contribution >= 0.6 is 11.8 Å². The number of carbonyl (C=O) groups is 1. The Morgan fingerprint density at radius 3 is 2.96 bits per heavy atom. The summed E-state index contributed by atoms with van der Waals surface area (Å²) in [6.07, 6.45) is 4.96. The number of hydrogen-bond donors (Lipinski definition) is 1. The fourth-order valence-electron chi connectivity index (χ4n) is 2.92. The molecule has 0 radical (unpaired) electrons. The number of carbonyl (C=O) groups excluding carboxylic acids is 1. The van der Waals surface area contributed by atoms with Crippen molar-refractivity contribution in [2.24, 2.45) is 7.05 Å². The van der Waals surface area contributed by atoms with Crippen LogP contribution in [-0.2, 0) is 18.4 Å². The number of amides is 1. The number of aromatic nitrogens is 5. The van der Waals surface area contributed by atoms with Gasteiger partial charge in [-0.05, 0) is 25.1 Å². The smallest absolute Gasteiger partial charge is 0.234 e. The van der Waals surface area contributed by atoms with E-state index in [0.717, 1.165) is 28.1 Å². The highest BCUT2D eigenvalue weighted by atomic mass is 32.2. The molecule has 3 heterocycles. The minimum Gasteiger partial charge on any atom is -0.472 e. The van der Waals surface area contributed by atoms with Gasteiger partial charge in [0.15, 0.2) is 11.0 Å². The molecule has 0 fully saturated rings. The van der Waals surface area contributed by atoms with Gasteiger partial charge in [0.2, 0.25) is 5.91 Å². The van der Waals surface area contributed by atoms with Crippen molar-refractivity contribution in [3.05, 3.63) is 43.1 Å². The molecule has 0 aliphatic rings. The molecule has 3 aromatic heterocycles. The van der Waals surface area contributed by atoms with E-state index in [1.165, 1.54) is 11.8 Å². The molecule has 0 saturated carbocycles. The SMILES string of the molecule is CCn1c(SCC(=O)Nc2cccc3ncn(C)c23)nnc1-c1ccoc1. The molecule has 0 spiro atoms. The Morgan fingerprint density at radius 1 is 1.30 bits per heavy atom. The Balaban J connectivity index is 1.47. The number of rotatable bonds is 6. The fraction of sp³-hybridized carbons (Fsp3) is 0.222. The number of imidazole rings is 1. The quantitative estimate of drug-likeness (QED) is 0.515. The zero-order chi connectivity index (χ0) is 18.8. The fourth-order valence-corrected chi connectivity index (χ4v) is 3.72. The normalized spacial score (nSPS) is 11.2. The first-order valence-corrected chi connectivity index (χ1v) is 9.44. The highest BCUT2D eigenvalue weighted by Crippen LogP contribution is 2.25. The summed E-state index contributed by atoms with van der Waals surface area (Å²) in [4.78, 5) is 16.8. The molecule has 27 heavy (non-hydrogen) atoms. The van der Waals surface area contributed by atoms with Gasteiger partial charge >= 0.3 is 0 Å². The van der Waals surface area contributed by atoms with Crippen molar-refractivity contribution >= 4 is 34.4 Å². The minimum absolute atomic E-state index is 0.107. The van der Waals surface area contributed by atoms with Crippen LogP contribution in [-0.4, -0.2) is 36.0 Å². The van der Waals surface area contributed by atoms with Gasteiger partial charge in [-0.25, -0.2) is 4.98 Å². The average molecular weight is 382 g/mol. The van der Waals surface area contributed by atoms with Crippen LogP contribution in [0.15, 0.2) is 52.7 Å². The summed E-state index contributed by atoms with van der Waals surface area (Å²) in [6, 6.07) is 7.51. The Bertz CT molecular complexity index is 1080. The molecule has 138 valence electrons. The molecule has 0 saturated heterocycles. The van der Waals surface area contributed by atoms with Gasteiger partial charge in [0, 0.05) is 13.6 Å². The Morgan fingerprint density at radius 2 is 2.19 bits per heavy atom. The number of nitrogens with one attached hydrogen (secondary N) is 1. The van der Waals surface area contributed by atoms with Gasteiger partial charge < -0.3 is 18.9 Å². The van der Waals surface area contributed by atoms with Crippen molar-refractivity contribution in [3.8, 4) is 11.4 Å². The Labute approximate surface area is 159 Å². The first kappa shape index (κ1) is 17.3. The molecule has 1 N–H and O–H groups in total. The van der Waals surface area contributed by atoms with Gasteiger partial charge in [0.25, 0.3) is 0 Å². The number of para-hydroxylation sites is 1. The maximum atomic E-state index is 12.5. The van der Waals surface area contributed by atoms with Crippen LogP contribution in [0, 0.1) is 0 Å². The van der Waals surface area contributed by atoms with Crippen LogP contribution < -0.4 is 5.32 Å². The maximum Gasteiger partial charge on any atom is 0.234 e. The third kappa shape index (κ3) is 3.33. The zero-order valence-corrected chi connectivity index (χ0v) is 15.7. The molecule has 0 bridgehead atoms. The van der Waals surface area contributed by atoms with Crippen molar-refractivity contribution < 1.29 is 9.21 Å². The second-order valence-electron chi connectivity index (χ2n) is 5.93. The second kappa shape index (κ2) is 7.28. The van der Waals surface area contributed by atoms with Crippen molar-refractivity contribution in [3.63, 3.8) is 0 Å². The first-order chi connectivity index (χ1) is 13.2. The second-order valence-corrected chi connectivity index (χ2v) is 6.87. The lowest BCUT2D eigenvalue weighted by molar-refractivity contribution is -0.113. The molecule has 1 amide bonds. The number of hydrogen-bond acceptors (Lipinski definition) is 6. The monoisotopic (exact) mass is 382 g/mol. The molecule has 0 aliphatic carbocycles. The molecule has 0 aliphatic heterocycles. The molecule has 1 aromatic carbocycles. The van der Waals surface area contributed by atoms with Gasteiger partial charge in [-0.1, -0.05) is 17.8 Å². The van der Waals surface area contributed by atoms with Crippen molar-refractivity contribution in [2.75, 3.05) is 11.1 Å². The molecule has 9 heteroatoms. The third-order valence-corrected chi connectivity index (χ3v) is 5.12. The minimum atomic E-state index is -0.107. The van der Waals surface area contributed by atoms with E-state index in [4.69, 9.17) is 4.42 Å². The molecular weight excluding hydrogens is 364 g/mol. The van der Waals surface area contributed by atoms with Crippen LogP contribution in [0.1, 0.15) is 6.92 Å². The average Bonchev–Trinajstić information content (AvgIpc) is 3.40. The number of aryl methyl sites for hydroxylation is 1. The molecule has 0 unspecified atom stereocenters. The topological polar surface area (TPSA) is 90.8 Å². The predicted molar refractivity (Wildman–Crippen MR) is 103 cm³/mol. The lowest BCUT2D eigenvalue weighted by atomic mass is 10.2. The van der Waals surface area contributed by atoms with Crippen LogP contribution in [0.25, 0.3) is 22.4 Å². The largest absolute Gasteiger partial charge is 0.472 e. The molecular formula is C18H18N6O2S. The van der Waals surface area contributed by atoms with Gasteiger partial charge in [0.05, 0.1) is 40.6 Å². The van der Waals surface area contributed by atoms with Gasteiger partial charge in [-0.3, -0.25) is 4.79 Å². The lowest BCUT2D eigenvalue weighted by Gasteiger charge is -2.08. The molecule has 0 atom stereocenters. The van der Waals surface area contributed by atoms with E-state index in [-0.39, 0.29) is 11.7 Å². The van der Waals surface area contributed by atoms with Crippen molar-refractivity contribution in [2.45, 2.75) is 18.6 Å². The van der Waals surface area contributed by atoms with E-state index in [0.29, 0.717) is 11.7 Å². The maximum absolute atomic E-state index is 12.5. The highest BCUT2D eigenvalue weighted by molar-refractivity contribution is 7.99. The summed E-state index contributed by atoms with van der Waals surface area (Å²) >= 11 is 1.35. The number of thioether (sulfide) groups is 1. The molecule has 4 aromatic rings. The first-order valence-electron chi connectivity index (χ1n) is 8.46. The summed E-state index contributed by atoms with van der Waals surface area (Å²) in [6.45, 7) is 2.71. The van der Waals surface area contributed by atoms with Crippen molar-refractivity contribution in [1.29, 1.82) is 0 Å². The van der Waals surface area contributed by atoms with Crippen LogP contribution in [0.2, 0.25) is 0 Å². The number of nitrogens with zero attached hydrogens (tertiary/aromatic N) is 5. The van der Waals surface area contributed by atoms with E-state index in [9.17, 15) is 4.79 Å². The Hall–Kier alpha value is -3.07. The number of furan rings is 1. The third-order valence-electron chi connectivity index (χ3n) is 4.16. The highest BCUT2D eigenvalue weighted by Gasteiger charge is 2.16. The van der Waals surface area contributed by atoms with Gasteiger partial charge in [0.1, 0.15) is 6.26 Å². The number of fused-ring (bicyclic) bond motifs is 1. The summed E-state index contributed by atoms with van der Waals surface area (Å²) in [7, 11) is 1.90. The standard InChI is InChI=1S/C18H18N6O2S/c1-3-24-17(12-7-8-26-9-12)21-22-18(24)27-10-15(25)20-14-6-4-5-13-16(14)23(2)11-19-13/h4-9,11H,3,10H2,1-2H3,(H,20,25). The van der Waals surface area contributed by atoms with Gasteiger partial charge in [-0.15, -0.1) is 10.2 Å². The van der Waals surface area contributed by atoms with Crippen LogP contribution in [0.4, 0.5) is 5.69 Å².